The van der Waals surface area contributed by atoms with E-state index < -0.39 is 78.6 Å². The van der Waals surface area contributed by atoms with Gasteiger partial charge < -0.3 is 33.5 Å². The van der Waals surface area contributed by atoms with Gasteiger partial charge in [0.2, 0.25) is 11.9 Å². The van der Waals surface area contributed by atoms with Crippen molar-refractivity contribution < 1.29 is 61.9 Å². The molecule has 1 N–H and O–H groups in total. The zero-order valence-electron chi connectivity index (χ0n) is 36.6. The predicted molar refractivity (Wildman–Crippen MR) is 240 cm³/mol. The molecule has 67 heavy (non-hydrogen) atoms. The van der Waals surface area contributed by atoms with Crippen molar-refractivity contribution in [3.8, 4) is 0 Å². The molecular formula is C54H47FO12. The Bertz CT molecular complexity index is 2710. The number of rotatable bonds is 15. The van der Waals surface area contributed by atoms with Crippen LogP contribution in [0.15, 0.2) is 158 Å². The molecule has 0 spiro atoms. The van der Waals surface area contributed by atoms with Crippen LogP contribution in [0.4, 0.5) is 4.39 Å². The van der Waals surface area contributed by atoms with Crippen LogP contribution in [-0.4, -0.2) is 65.5 Å². The Kier molecular flexibility index (Phi) is 14.0. The molecule has 0 unspecified atom stereocenters. The van der Waals surface area contributed by atoms with Crippen LogP contribution in [0.3, 0.4) is 0 Å². The van der Waals surface area contributed by atoms with E-state index >= 15 is 4.39 Å². The van der Waals surface area contributed by atoms with Crippen molar-refractivity contribution in [2.75, 3.05) is 0 Å². The van der Waals surface area contributed by atoms with Crippen molar-refractivity contribution in [2.24, 2.45) is 0 Å². The maximum absolute atomic E-state index is 17.1. The number of hydrogen-bond donors (Lipinski definition) is 1. The maximum Gasteiger partial charge on any atom is 0.338 e. The zero-order chi connectivity index (χ0) is 47.1. The lowest BCUT2D eigenvalue weighted by molar-refractivity contribution is -0.360. The van der Waals surface area contributed by atoms with E-state index in [1.165, 1.54) is 68.4 Å². The SMILES string of the molecule is CC(=O)OCc1cc(F)c(Cc2ccc(C3CC3)cc2)c([C@@]2(O)O[C@H]([C@H](C)OC(=O)c3ccccc3)[C@@H](OC(=O)c3ccccc3)[C@H](OC(=O)c3ccccc3)[C@H]2OC(=O)c2ccccc2)c1. The lowest BCUT2D eigenvalue weighted by Gasteiger charge is -2.50. The first kappa shape index (κ1) is 46.1. The standard InChI is InChI=1S/C54H47FO12/c1-33(63-50(57)39-15-7-3-8-16-39)46-47(64-51(58)40-17-9-4-10-18-40)48(65-52(59)41-19-11-5-12-20-41)49(66-53(60)42-21-13-6-14-22-42)54(61,67-46)44-30-36(32-62-34(2)56)31-45(55)43(44)29-35-23-25-37(26-24-35)38-27-28-38/h3-26,30-31,33,38,46-49,61H,27-29,32H2,1-2H3/t33-,46+,47+,48-,49+,54+/m0/s1. The third-order valence-electron chi connectivity index (χ3n) is 11.7. The molecule has 1 aliphatic heterocycles. The quantitative estimate of drug-likeness (QED) is 0.0772. The van der Waals surface area contributed by atoms with Gasteiger partial charge in [-0.1, -0.05) is 97.1 Å². The van der Waals surface area contributed by atoms with Crippen molar-refractivity contribution in [3.05, 3.63) is 214 Å². The Labute approximate surface area is 386 Å². The third-order valence-corrected chi connectivity index (χ3v) is 11.7. The summed E-state index contributed by atoms with van der Waals surface area (Å²) in [7, 11) is 0. The Hall–Kier alpha value is -7.48. The second-order valence-corrected chi connectivity index (χ2v) is 16.5. The van der Waals surface area contributed by atoms with Crippen LogP contribution in [0.2, 0.25) is 0 Å². The first-order valence-corrected chi connectivity index (χ1v) is 21.9. The maximum atomic E-state index is 17.1. The summed E-state index contributed by atoms with van der Waals surface area (Å²) in [5, 5.41) is 13.7. The molecular weight excluding hydrogens is 860 g/mol. The average Bonchev–Trinajstić information content (AvgIpc) is 4.20. The number of ether oxygens (including phenoxy) is 6. The number of esters is 5. The summed E-state index contributed by atoms with van der Waals surface area (Å²) < 4.78 is 53.7. The van der Waals surface area contributed by atoms with Gasteiger partial charge in [-0.2, -0.15) is 0 Å². The molecule has 12 nitrogen and oxygen atoms in total. The highest BCUT2D eigenvalue weighted by atomic mass is 19.1. The molecule has 2 aliphatic rings. The molecule has 0 radical (unpaired) electrons. The molecule has 0 aromatic heterocycles. The van der Waals surface area contributed by atoms with Crippen molar-refractivity contribution in [1.29, 1.82) is 0 Å². The van der Waals surface area contributed by atoms with Crippen molar-refractivity contribution >= 4 is 29.8 Å². The van der Waals surface area contributed by atoms with Crippen LogP contribution >= 0.6 is 0 Å². The summed E-state index contributed by atoms with van der Waals surface area (Å²) >= 11 is 0. The summed E-state index contributed by atoms with van der Waals surface area (Å²) in [6.45, 7) is 2.15. The minimum atomic E-state index is -3.02. The van der Waals surface area contributed by atoms with E-state index in [-0.39, 0.29) is 45.4 Å². The van der Waals surface area contributed by atoms with E-state index in [1.807, 2.05) is 24.3 Å². The number of hydrogen-bond acceptors (Lipinski definition) is 12. The van der Waals surface area contributed by atoms with Crippen molar-refractivity contribution in [3.63, 3.8) is 0 Å². The van der Waals surface area contributed by atoms with Gasteiger partial charge in [-0.25, -0.2) is 23.6 Å². The molecule has 2 fully saturated rings. The molecule has 0 bridgehead atoms. The van der Waals surface area contributed by atoms with Crippen molar-refractivity contribution in [1.82, 2.24) is 0 Å². The topological polar surface area (TPSA) is 161 Å². The van der Waals surface area contributed by atoms with Gasteiger partial charge in [0, 0.05) is 24.5 Å². The molecule has 0 amide bonds. The second kappa shape index (κ2) is 20.4. The molecule has 342 valence electrons. The van der Waals surface area contributed by atoms with E-state index in [2.05, 4.69) is 0 Å². The van der Waals surface area contributed by atoms with E-state index in [9.17, 15) is 29.1 Å². The monoisotopic (exact) mass is 906 g/mol. The van der Waals surface area contributed by atoms with Gasteiger partial charge >= 0.3 is 29.8 Å². The van der Waals surface area contributed by atoms with E-state index in [4.69, 9.17) is 28.4 Å². The van der Waals surface area contributed by atoms with Crippen LogP contribution < -0.4 is 0 Å². The molecule has 1 heterocycles. The highest BCUT2D eigenvalue weighted by Gasteiger charge is 2.63. The Balaban J connectivity index is 1.34. The van der Waals surface area contributed by atoms with Crippen LogP contribution in [0, 0.1) is 5.82 Å². The Morgan fingerprint density at radius 2 is 1.12 bits per heavy atom. The first-order valence-electron chi connectivity index (χ1n) is 21.9. The van der Waals surface area contributed by atoms with Gasteiger partial charge in [-0.15, -0.1) is 0 Å². The zero-order valence-corrected chi connectivity index (χ0v) is 36.6. The first-order chi connectivity index (χ1) is 32.4. The minimum Gasteiger partial charge on any atom is -0.461 e. The number of carbonyl (C=O) groups is 5. The summed E-state index contributed by atoms with van der Waals surface area (Å²) in [6, 6.07) is 41.5. The van der Waals surface area contributed by atoms with E-state index in [0.29, 0.717) is 11.5 Å². The van der Waals surface area contributed by atoms with Gasteiger partial charge in [0.1, 0.15) is 24.6 Å². The molecule has 6 aromatic carbocycles. The summed E-state index contributed by atoms with van der Waals surface area (Å²) in [5.41, 5.74) is 1.64. The number of halogens is 1. The predicted octanol–water partition coefficient (Wildman–Crippen LogP) is 8.82. The van der Waals surface area contributed by atoms with Crippen LogP contribution in [-0.2, 0) is 52.0 Å². The van der Waals surface area contributed by atoms with Crippen LogP contribution in [0.25, 0.3) is 0 Å². The molecule has 1 aliphatic carbocycles. The third kappa shape index (κ3) is 10.8. The largest absolute Gasteiger partial charge is 0.461 e. The molecule has 6 aromatic rings. The molecule has 6 atom stereocenters. The smallest absolute Gasteiger partial charge is 0.338 e. The summed E-state index contributed by atoms with van der Waals surface area (Å²) in [4.78, 5) is 68.6. The van der Waals surface area contributed by atoms with Gasteiger partial charge in [-0.05, 0) is 103 Å². The molecule has 8 rings (SSSR count). The van der Waals surface area contributed by atoms with E-state index in [0.717, 1.165) is 24.5 Å². The second-order valence-electron chi connectivity index (χ2n) is 16.5. The summed E-state index contributed by atoms with van der Waals surface area (Å²) in [6.07, 6.45) is -7.13. The fourth-order valence-electron chi connectivity index (χ4n) is 8.07. The highest BCUT2D eigenvalue weighted by molar-refractivity contribution is 5.92. The number of carbonyl (C=O) groups excluding carboxylic acids is 5. The fourth-order valence-corrected chi connectivity index (χ4v) is 8.07. The van der Waals surface area contributed by atoms with Crippen LogP contribution in [0.5, 0.6) is 0 Å². The van der Waals surface area contributed by atoms with Crippen molar-refractivity contribution in [2.45, 2.75) is 81.9 Å². The van der Waals surface area contributed by atoms with Gasteiger partial charge in [0.05, 0.1) is 22.3 Å². The normalized spacial score (nSPS) is 20.4. The number of aliphatic hydroxyl groups is 1. The summed E-state index contributed by atoms with van der Waals surface area (Å²) in [5.74, 6) is -7.89. The average molecular weight is 907 g/mol. The molecule has 13 heteroatoms. The van der Waals surface area contributed by atoms with Gasteiger partial charge in [0.25, 0.3) is 0 Å². The number of benzene rings is 6. The van der Waals surface area contributed by atoms with E-state index in [1.54, 1.807) is 72.8 Å². The van der Waals surface area contributed by atoms with Gasteiger partial charge in [0.15, 0.2) is 12.2 Å². The molecule has 1 saturated heterocycles. The highest BCUT2D eigenvalue weighted by Crippen LogP contribution is 2.45. The lowest BCUT2D eigenvalue weighted by atomic mass is 9.82. The minimum absolute atomic E-state index is 0.00821. The Morgan fingerprint density at radius 1 is 0.642 bits per heavy atom. The molecule has 1 saturated carbocycles. The lowest BCUT2D eigenvalue weighted by Crippen LogP contribution is -2.68. The Morgan fingerprint density at radius 3 is 1.61 bits per heavy atom. The van der Waals surface area contributed by atoms with Gasteiger partial charge in [-0.3, -0.25) is 4.79 Å². The fraction of sp³-hybridized carbons (Fsp3) is 0.241. The van der Waals surface area contributed by atoms with Crippen LogP contribution in [0.1, 0.15) is 102 Å².